The Kier molecular flexibility index (Phi) is 8.99. The van der Waals surface area contributed by atoms with E-state index in [0.717, 1.165) is 6.08 Å². The summed E-state index contributed by atoms with van der Waals surface area (Å²) in [4.78, 5) is 22.5. The van der Waals surface area contributed by atoms with Gasteiger partial charge in [0.25, 0.3) is 0 Å². The second kappa shape index (κ2) is 9.80. The zero-order valence-corrected chi connectivity index (χ0v) is 10.4. The summed E-state index contributed by atoms with van der Waals surface area (Å²) in [6, 6.07) is 0. The van der Waals surface area contributed by atoms with Gasteiger partial charge in [0.15, 0.2) is 0 Å². The van der Waals surface area contributed by atoms with Gasteiger partial charge in [0.1, 0.15) is 13.2 Å². The highest BCUT2D eigenvalue weighted by Gasteiger charge is 2.08. The molecule has 0 saturated heterocycles. The summed E-state index contributed by atoms with van der Waals surface area (Å²) < 4.78 is 19.0. The van der Waals surface area contributed by atoms with Crippen molar-refractivity contribution in [3.8, 4) is 0 Å². The zero-order chi connectivity index (χ0) is 13.1. The second-order valence-corrected chi connectivity index (χ2v) is 3.12. The minimum Gasteiger partial charge on any atom is -0.460 e. The van der Waals surface area contributed by atoms with Crippen molar-refractivity contribution in [2.24, 2.45) is 0 Å². The Morgan fingerprint density at radius 2 is 1.47 bits per heavy atom. The van der Waals surface area contributed by atoms with E-state index in [1.165, 1.54) is 21.1 Å². The number of hydrogen-bond acceptors (Lipinski definition) is 6. The Balaban J connectivity index is 3.96. The van der Waals surface area contributed by atoms with Crippen LogP contribution in [0.5, 0.6) is 0 Å². The summed E-state index contributed by atoms with van der Waals surface area (Å²) in [6.45, 7) is 2.41. The average Bonchev–Trinajstić information content (AvgIpc) is 2.29. The first-order chi connectivity index (χ1) is 8.11. The van der Waals surface area contributed by atoms with E-state index < -0.39 is 11.9 Å². The van der Waals surface area contributed by atoms with Crippen molar-refractivity contribution in [3.05, 3.63) is 11.6 Å². The minimum absolute atomic E-state index is 0.151. The Morgan fingerprint density at radius 1 is 0.941 bits per heavy atom. The largest absolute Gasteiger partial charge is 0.460 e. The van der Waals surface area contributed by atoms with Crippen molar-refractivity contribution < 1.29 is 28.5 Å². The van der Waals surface area contributed by atoms with Crippen molar-refractivity contribution in [2.75, 3.05) is 40.6 Å². The lowest BCUT2D eigenvalue weighted by molar-refractivity contribution is -0.142. The van der Waals surface area contributed by atoms with Crippen LogP contribution in [-0.2, 0) is 28.5 Å². The first-order valence-electron chi connectivity index (χ1n) is 5.12. The molecule has 0 amide bonds. The predicted octanol–water partition coefficient (Wildman–Crippen LogP) is 0.312. The van der Waals surface area contributed by atoms with Crippen LogP contribution in [0.4, 0.5) is 0 Å². The lowest BCUT2D eigenvalue weighted by Gasteiger charge is -2.04. The fraction of sp³-hybridized carbons (Fsp3) is 0.636. The van der Waals surface area contributed by atoms with Crippen molar-refractivity contribution in [2.45, 2.75) is 6.92 Å². The molecule has 0 N–H and O–H groups in total. The number of methoxy groups -OCH3 is 2. The fourth-order valence-electron chi connectivity index (χ4n) is 0.834. The van der Waals surface area contributed by atoms with Gasteiger partial charge in [0.05, 0.1) is 13.2 Å². The summed E-state index contributed by atoms with van der Waals surface area (Å²) in [5.41, 5.74) is 0.184. The third-order valence-electron chi connectivity index (χ3n) is 1.71. The van der Waals surface area contributed by atoms with E-state index in [0.29, 0.717) is 13.2 Å². The van der Waals surface area contributed by atoms with Gasteiger partial charge in [-0.2, -0.15) is 0 Å². The van der Waals surface area contributed by atoms with Crippen LogP contribution in [0.1, 0.15) is 6.92 Å². The van der Waals surface area contributed by atoms with E-state index >= 15 is 0 Å². The van der Waals surface area contributed by atoms with Gasteiger partial charge < -0.3 is 18.9 Å². The SMILES string of the molecule is COCCOC(=O)/C=C(/C)C(=O)OCCOC. The van der Waals surface area contributed by atoms with Gasteiger partial charge in [-0.05, 0) is 6.92 Å². The lowest BCUT2D eigenvalue weighted by Crippen LogP contribution is -2.13. The topological polar surface area (TPSA) is 71.1 Å². The Hall–Kier alpha value is -1.40. The first-order valence-corrected chi connectivity index (χ1v) is 5.12. The van der Waals surface area contributed by atoms with Crippen molar-refractivity contribution in [1.29, 1.82) is 0 Å². The van der Waals surface area contributed by atoms with Gasteiger partial charge in [0, 0.05) is 25.9 Å². The molecule has 17 heavy (non-hydrogen) atoms. The highest BCUT2D eigenvalue weighted by molar-refractivity contribution is 5.95. The Morgan fingerprint density at radius 3 is 2.00 bits per heavy atom. The molecular weight excluding hydrogens is 228 g/mol. The first kappa shape index (κ1) is 15.6. The van der Waals surface area contributed by atoms with E-state index in [1.807, 2.05) is 0 Å². The van der Waals surface area contributed by atoms with E-state index in [4.69, 9.17) is 18.9 Å². The number of ether oxygens (including phenoxy) is 4. The molecule has 0 aromatic carbocycles. The molecule has 0 spiro atoms. The van der Waals surface area contributed by atoms with Crippen LogP contribution in [-0.4, -0.2) is 52.6 Å². The second-order valence-electron chi connectivity index (χ2n) is 3.12. The number of rotatable bonds is 8. The molecule has 6 heteroatoms. The number of hydrogen-bond donors (Lipinski definition) is 0. The molecule has 0 aromatic heterocycles. The van der Waals surface area contributed by atoms with Gasteiger partial charge >= 0.3 is 11.9 Å². The molecule has 0 radical (unpaired) electrons. The number of esters is 2. The minimum atomic E-state index is -0.594. The monoisotopic (exact) mass is 246 g/mol. The third-order valence-corrected chi connectivity index (χ3v) is 1.71. The van der Waals surface area contributed by atoms with E-state index in [9.17, 15) is 9.59 Å². The summed E-state index contributed by atoms with van der Waals surface area (Å²) in [6.07, 6.45) is 1.09. The van der Waals surface area contributed by atoms with Crippen LogP contribution in [0.2, 0.25) is 0 Å². The predicted molar refractivity (Wildman–Crippen MR) is 59.4 cm³/mol. The smallest absolute Gasteiger partial charge is 0.334 e. The number of carbonyl (C=O) groups excluding carboxylic acids is 2. The molecule has 0 rings (SSSR count). The molecule has 0 aliphatic rings. The molecule has 0 atom stereocenters. The van der Waals surface area contributed by atoms with Crippen LogP contribution >= 0.6 is 0 Å². The Labute approximate surface area is 100 Å². The zero-order valence-electron chi connectivity index (χ0n) is 10.4. The van der Waals surface area contributed by atoms with Gasteiger partial charge in [0.2, 0.25) is 0 Å². The molecule has 0 aliphatic heterocycles. The molecule has 0 fully saturated rings. The lowest BCUT2D eigenvalue weighted by atomic mass is 10.3. The van der Waals surface area contributed by atoms with E-state index in [-0.39, 0.29) is 18.8 Å². The average molecular weight is 246 g/mol. The van der Waals surface area contributed by atoms with Gasteiger partial charge in [-0.15, -0.1) is 0 Å². The summed E-state index contributed by atoms with van der Waals surface area (Å²) in [5, 5.41) is 0. The molecule has 0 aliphatic carbocycles. The third kappa shape index (κ3) is 8.41. The van der Waals surface area contributed by atoms with Crippen LogP contribution in [0, 0.1) is 0 Å². The molecule has 0 unspecified atom stereocenters. The summed E-state index contributed by atoms with van der Waals surface area (Å²) >= 11 is 0. The molecule has 0 bridgehead atoms. The van der Waals surface area contributed by atoms with Crippen LogP contribution < -0.4 is 0 Å². The maximum atomic E-state index is 11.3. The maximum Gasteiger partial charge on any atom is 0.334 e. The van der Waals surface area contributed by atoms with E-state index in [1.54, 1.807) is 0 Å². The maximum absolute atomic E-state index is 11.3. The van der Waals surface area contributed by atoms with E-state index in [2.05, 4.69) is 0 Å². The van der Waals surface area contributed by atoms with Crippen LogP contribution in [0.15, 0.2) is 11.6 Å². The quantitative estimate of drug-likeness (QED) is 0.349. The normalized spacial score (nSPS) is 11.1. The standard InChI is InChI=1S/C11H18O6/c1-9(11(13)17-7-5-15-3)8-10(12)16-6-4-14-2/h8H,4-7H2,1-3H3/b9-8-. The van der Waals surface area contributed by atoms with Crippen molar-refractivity contribution in [3.63, 3.8) is 0 Å². The van der Waals surface area contributed by atoms with Gasteiger partial charge in [-0.3, -0.25) is 0 Å². The molecule has 98 valence electrons. The highest BCUT2D eigenvalue weighted by atomic mass is 16.6. The number of carbonyl (C=O) groups is 2. The van der Waals surface area contributed by atoms with Crippen molar-refractivity contribution in [1.82, 2.24) is 0 Å². The van der Waals surface area contributed by atoms with Crippen molar-refractivity contribution >= 4 is 11.9 Å². The van der Waals surface area contributed by atoms with Gasteiger partial charge in [-0.1, -0.05) is 0 Å². The Bertz CT molecular complexity index is 271. The molecule has 6 nitrogen and oxygen atoms in total. The summed E-state index contributed by atoms with van der Waals surface area (Å²) in [7, 11) is 3.01. The molecule has 0 heterocycles. The fourth-order valence-corrected chi connectivity index (χ4v) is 0.834. The molecule has 0 saturated carbocycles. The molecule has 0 aromatic rings. The molecular formula is C11H18O6. The van der Waals surface area contributed by atoms with Crippen LogP contribution in [0.25, 0.3) is 0 Å². The van der Waals surface area contributed by atoms with Gasteiger partial charge in [-0.25, -0.2) is 9.59 Å². The summed E-state index contributed by atoms with van der Waals surface area (Å²) in [5.74, 6) is -1.16. The highest BCUT2D eigenvalue weighted by Crippen LogP contribution is 1.98. The van der Waals surface area contributed by atoms with Crippen LogP contribution in [0.3, 0.4) is 0 Å².